The van der Waals surface area contributed by atoms with E-state index in [1.165, 1.54) is 0 Å². The van der Waals surface area contributed by atoms with Gasteiger partial charge in [0.1, 0.15) is 5.82 Å². The van der Waals surface area contributed by atoms with Gasteiger partial charge in [-0.15, -0.1) is 0 Å². The standard InChI is InChI=1S/C18H15ClF3N3O/c1-9(2)10-3-4-14-12(5-10)17(26)25-16(24-14)7-15-13(19)6-11(8-23-15)18(20,21)22/h3-6,8-9H,7H2,1-2H3,(H,24,25,26). The molecule has 0 saturated heterocycles. The van der Waals surface area contributed by atoms with Crippen molar-refractivity contribution >= 4 is 22.5 Å². The highest BCUT2D eigenvalue weighted by atomic mass is 35.5. The van der Waals surface area contributed by atoms with E-state index < -0.39 is 11.7 Å². The molecular weight excluding hydrogens is 367 g/mol. The van der Waals surface area contributed by atoms with Crippen molar-refractivity contribution in [3.8, 4) is 0 Å². The van der Waals surface area contributed by atoms with Crippen molar-refractivity contribution < 1.29 is 13.2 Å². The summed E-state index contributed by atoms with van der Waals surface area (Å²) in [4.78, 5) is 23.1. The molecule has 0 fully saturated rings. The molecule has 1 aromatic carbocycles. The van der Waals surface area contributed by atoms with Gasteiger partial charge in [-0.25, -0.2) is 4.98 Å². The van der Waals surface area contributed by atoms with Crippen LogP contribution in [-0.2, 0) is 12.6 Å². The van der Waals surface area contributed by atoms with Crippen molar-refractivity contribution in [1.82, 2.24) is 15.0 Å². The molecule has 0 bridgehead atoms. The van der Waals surface area contributed by atoms with Crippen LogP contribution in [0.3, 0.4) is 0 Å². The number of aromatic nitrogens is 3. The molecule has 1 N–H and O–H groups in total. The SMILES string of the molecule is CC(C)c1ccc2nc(Cc3ncc(C(F)(F)F)cc3Cl)[nH]c(=O)c2c1. The van der Waals surface area contributed by atoms with Crippen molar-refractivity contribution in [2.75, 3.05) is 0 Å². The number of hydrogen-bond donors (Lipinski definition) is 1. The molecule has 2 heterocycles. The van der Waals surface area contributed by atoms with Crippen LogP contribution >= 0.6 is 11.6 Å². The summed E-state index contributed by atoms with van der Waals surface area (Å²) < 4.78 is 38.1. The van der Waals surface area contributed by atoms with Gasteiger partial charge in [-0.3, -0.25) is 9.78 Å². The number of pyridine rings is 1. The number of fused-ring (bicyclic) bond motifs is 1. The molecule has 3 aromatic rings. The van der Waals surface area contributed by atoms with E-state index in [-0.39, 0.29) is 34.4 Å². The van der Waals surface area contributed by atoms with Gasteiger partial charge >= 0.3 is 6.18 Å². The van der Waals surface area contributed by atoms with Crippen LogP contribution in [0.15, 0.2) is 35.3 Å². The Morgan fingerprint density at radius 2 is 1.96 bits per heavy atom. The second-order valence-corrected chi connectivity index (χ2v) is 6.68. The lowest BCUT2D eigenvalue weighted by molar-refractivity contribution is -0.137. The second-order valence-electron chi connectivity index (χ2n) is 6.27. The van der Waals surface area contributed by atoms with Crippen molar-refractivity contribution in [3.63, 3.8) is 0 Å². The summed E-state index contributed by atoms with van der Waals surface area (Å²) in [5, 5.41) is 0.337. The van der Waals surface area contributed by atoms with E-state index in [9.17, 15) is 18.0 Å². The first-order valence-corrected chi connectivity index (χ1v) is 8.27. The number of rotatable bonds is 3. The molecule has 0 aliphatic heterocycles. The molecule has 2 aromatic heterocycles. The normalized spacial score (nSPS) is 12.1. The minimum Gasteiger partial charge on any atom is -0.310 e. The molecule has 4 nitrogen and oxygen atoms in total. The van der Waals surface area contributed by atoms with Gasteiger partial charge in [-0.1, -0.05) is 31.5 Å². The molecule has 0 aliphatic carbocycles. The third-order valence-electron chi connectivity index (χ3n) is 4.02. The van der Waals surface area contributed by atoms with Crippen molar-refractivity contribution in [1.29, 1.82) is 0 Å². The van der Waals surface area contributed by atoms with Gasteiger partial charge in [0.25, 0.3) is 5.56 Å². The molecule has 0 radical (unpaired) electrons. The first-order chi connectivity index (χ1) is 12.1. The first kappa shape index (κ1) is 18.4. The number of benzene rings is 1. The molecule has 26 heavy (non-hydrogen) atoms. The molecular formula is C18H15ClF3N3O. The van der Waals surface area contributed by atoms with E-state index in [4.69, 9.17) is 11.6 Å². The Kier molecular flexibility index (Phi) is 4.75. The molecule has 0 unspecified atom stereocenters. The largest absolute Gasteiger partial charge is 0.417 e. The lowest BCUT2D eigenvalue weighted by Crippen LogP contribution is -2.13. The van der Waals surface area contributed by atoms with E-state index in [0.29, 0.717) is 10.9 Å². The van der Waals surface area contributed by atoms with Crippen molar-refractivity contribution in [3.05, 3.63) is 68.5 Å². The van der Waals surface area contributed by atoms with Gasteiger partial charge < -0.3 is 4.98 Å². The third kappa shape index (κ3) is 3.72. The van der Waals surface area contributed by atoms with Crippen LogP contribution in [0.1, 0.15) is 42.4 Å². The first-order valence-electron chi connectivity index (χ1n) is 7.89. The zero-order valence-corrected chi connectivity index (χ0v) is 14.7. The monoisotopic (exact) mass is 381 g/mol. The van der Waals surface area contributed by atoms with E-state index in [0.717, 1.165) is 17.8 Å². The number of H-pyrrole nitrogens is 1. The Bertz CT molecular complexity index is 1030. The van der Waals surface area contributed by atoms with Gasteiger partial charge in [0.15, 0.2) is 0 Å². The van der Waals surface area contributed by atoms with Gasteiger partial charge in [0.05, 0.1) is 27.2 Å². The number of halogens is 4. The van der Waals surface area contributed by atoms with Crippen molar-refractivity contribution in [2.45, 2.75) is 32.4 Å². The zero-order valence-electron chi connectivity index (χ0n) is 14.0. The van der Waals surface area contributed by atoms with Crippen LogP contribution in [-0.4, -0.2) is 15.0 Å². The van der Waals surface area contributed by atoms with Crippen LogP contribution in [0, 0.1) is 0 Å². The van der Waals surface area contributed by atoms with Crippen LogP contribution in [0.2, 0.25) is 5.02 Å². The summed E-state index contributed by atoms with van der Waals surface area (Å²) >= 11 is 5.92. The van der Waals surface area contributed by atoms with Gasteiger partial charge in [0.2, 0.25) is 0 Å². The smallest absolute Gasteiger partial charge is 0.310 e. The molecule has 0 amide bonds. The molecule has 0 atom stereocenters. The molecule has 136 valence electrons. The molecule has 3 rings (SSSR count). The Morgan fingerprint density at radius 3 is 2.58 bits per heavy atom. The maximum Gasteiger partial charge on any atom is 0.417 e. The maximum atomic E-state index is 12.7. The van der Waals surface area contributed by atoms with Crippen molar-refractivity contribution in [2.24, 2.45) is 0 Å². The highest BCUT2D eigenvalue weighted by Crippen LogP contribution is 2.31. The number of alkyl halides is 3. The minimum atomic E-state index is -4.52. The van der Waals surface area contributed by atoms with Crippen LogP contribution in [0.25, 0.3) is 10.9 Å². The maximum absolute atomic E-state index is 12.7. The lowest BCUT2D eigenvalue weighted by atomic mass is 10.0. The number of hydrogen-bond acceptors (Lipinski definition) is 3. The summed E-state index contributed by atoms with van der Waals surface area (Å²) in [5.41, 5.74) is 0.505. The number of aromatic amines is 1. The molecule has 0 saturated carbocycles. The predicted molar refractivity (Wildman–Crippen MR) is 93.5 cm³/mol. The Morgan fingerprint density at radius 1 is 1.23 bits per heavy atom. The summed E-state index contributed by atoms with van der Waals surface area (Å²) in [7, 11) is 0. The quantitative estimate of drug-likeness (QED) is 0.715. The Labute approximate surface area is 152 Å². The zero-order chi connectivity index (χ0) is 19.1. The summed E-state index contributed by atoms with van der Waals surface area (Å²) in [6.45, 7) is 4.05. The van der Waals surface area contributed by atoms with Crippen LogP contribution in [0.5, 0.6) is 0 Å². The Hall–Kier alpha value is -2.41. The molecule has 0 aliphatic rings. The summed E-state index contributed by atoms with van der Waals surface area (Å²) in [5.74, 6) is 0.558. The fourth-order valence-electron chi connectivity index (χ4n) is 2.56. The van der Waals surface area contributed by atoms with E-state index >= 15 is 0 Å². The summed E-state index contributed by atoms with van der Waals surface area (Å²) in [6, 6.07) is 6.26. The minimum absolute atomic E-state index is 0.0219. The van der Waals surface area contributed by atoms with Crippen LogP contribution < -0.4 is 5.56 Å². The van der Waals surface area contributed by atoms with Gasteiger partial charge in [-0.05, 0) is 29.7 Å². The second kappa shape index (κ2) is 6.72. The Balaban J connectivity index is 1.97. The average Bonchev–Trinajstić information content (AvgIpc) is 2.55. The van der Waals surface area contributed by atoms with Gasteiger partial charge in [0, 0.05) is 12.6 Å². The van der Waals surface area contributed by atoms with Crippen LogP contribution in [0.4, 0.5) is 13.2 Å². The lowest BCUT2D eigenvalue weighted by Gasteiger charge is -2.10. The topological polar surface area (TPSA) is 58.6 Å². The predicted octanol–water partition coefficient (Wildman–Crippen LogP) is 4.70. The van der Waals surface area contributed by atoms with E-state index in [1.807, 2.05) is 19.9 Å². The fraction of sp³-hybridized carbons (Fsp3) is 0.278. The molecule has 8 heteroatoms. The highest BCUT2D eigenvalue weighted by Gasteiger charge is 2.31. The number of nitrogens with zero attached hydrogens (tertiary/aromatic N) is 2. The van der Waals surface area contributed by atoms with Gasteiger partial charge in [-0.2, -0.15) is 13.2 Å². The highest BCUT2D eigenvalue weighted by molar-refractivity contribution is 6.31. The summed E-state index contributed by atoms with van der Waals surface area (Å²) in [6.07, 6.45) is -3.78. The fourth-order valence-corrected chi connectivity index (χ4v) is 2.79. The van der Waals surface area contributed by atoms with E-state index in [1.54, 1.807) is 12.1 Å². The van der Waals surface area contributed by atoms with E-state index in [2.05, 4.69) is 15.0 Å². The number of nitrogens with one attached hydrogen (secondary N) is 1. The third-order valence-corrected chi connectivity index (χ3v) is 4.35. The average molecular weight is 382 g/mol. The molecule has 0 spiro atoms.